The first-order valence-electron chi connectivity index (χ1n) is 5.87. The highest BCUT2D eigenvalue weighted by molar-refractivity contribution is 5.70. The van der Waals surface area contributed by atoms with Crippen LogP contribution in [0.3, 0.4) is 0 Å². The lowest BCUT2D eigenvalue weighted by atomic mass is 10.00. The lowest BCUT2D eigenvalue weighted by Crippen LogP contribution is -2.40. The number of rotatable bonds is 3. The molecule has 0 amide bonds. The third-order valence-electron chi connectivity index (χ3n) is 2.99. The van der Waals surface area contributed by atoms with E-state index < -0.39 is 5.97 Å². The van der Waals surface area contributed by atoms with Gasteiger partial charge in [-0.1, -0.05) is 17.7 Å². The van der Waals surface area contributed by atoms with Gasteiger partial charge in [-0.25, -0.2) is 0 Å². The Morgan fingerprint density at radius 2 is 2.12 bits per heavy atom. The van der Waals surface area contributed by atoms with Crippen molar-refractivity contribution in [2.75, 3.05) is 13.1 Å². The molecule has 1 N–H and O–H groups in total. The van der Waals surface area contributed by atoms with E-state index in [1.807, 2.05) is 31.2 Å². The van der Waals surface area contributed by atoms with E-state index in [9.17, 15) is 4.79 Å². The molecule has 0 bridgehead atoms. The number of hydrogen-bond donors (Lipinski definition) is 1. The molecule has 0 radical (unpaired) electrons. The molecule has 1 unspecified atom stereocenters. The molecule has 4 heteroatoms. The van der Waals surface area contributed by atoms with E-state index in [4.69, 9.17) is 9.94 Å². The topological polar surface area (TPSA) is 49.8 Å². The monoisotopic (exact) mass is 235 g/mol. The first-order chi connectivity index (χ1) is 8.15. The Hall–Kier alpha value is -1.55. The zero-order valence-corrected chi connectivity index (χ0v) is 9.93. The smallest absolute Gasteiger partial charge is 0.307 e. The molecule has 1 heterocycles. The fraction of sp³-hybridized carbons (Fsp3) is 0.462. The van der Waals surface area contributed by atoms with Gasteiger partial charge in [0.15, 0.2) is 0 Å². The predicted octanol–water partition coefficient (Wildman–Crippen LogP) is 2.09. The Kier molecular flexibility index (Phi) is 3.64. The van der Waals surface area contributed by atoms with Crippen LogP contribution in [0.15, 0.2) is 24.3 Å². The molecule has 0 aromatic heterocycles. The van der Waals surface area contributed by atoms with Gasteiger partial charge in [-0.2, -0.15) is 0 Å². The van der Waals surface area contributed by atoms with Gasteiger partial charge in [0.1, 0.15) is 5.75 Å². The van der Waals surface area contributed by atoms with Crippen molar-refractivity contribution in [1.29, 1.82) is 0 Å². The second-order valence-electron chi connectivity index (χ2n) is 4.47. The molecule has 1 aromatic carbocycles. The largest absolute Gasteiger partial charge is 0.481 e. The summed E-state index contributed by atoms with van der Waals surface area (Å²) in [5, 5.41) is 10.7. The zero-order valence-electron chi connectivity index (χ0n) is 9.93. The molecule has 0 saturated carbocycles. The number of carbonyl (C=O) groups is 1. The van der Waals surface area contributed by atoms with Gasteiger partial charge in [0, 0.05) is 13.1 Å². The summed E-state index contributed by atoms with van der Waals surface area (Å²) >= 11 is 0. The maximum Gasteiger partial charge on any atom is 0.307 e. The summed E-state index contributed by atoms with van der Waals surface area (Å²) in [7, 11) is 0. The van der Waals surface area contributed by atoms with Crippen molar-refractivity contribution in [2.24, 2.45) is 5.92 Å². The van der Waals surface area contributed by atoms with Crippen LogP contribution in [0, 0.1) is 12.8 Å². The van der Waals surface area contributed by atoms with Crippen molar-refractivity contribution < 1.29 is 14.7 Å². The van der Waals surface area contributed by atoms with Gasteiger partial charge in [-0.3, -0.25) is 4.79 Å². The van der Waals surface area contributed by atoms with Crippen LogP contribution < -0.4 is 4.84 Å². The molecule has 1 aromatic rings. The normalized spacial score (nSPS) is 21.1. The van der Waals surface area contributed by atoms with Gasteiger partial charge in [0.25, 0.3) is 0 Å². The maximum atomic E-state index is 10.9. The van der Waals surface area contributed by atoms with E-state index in [-0.39, 0.29) is 5.92 Å². The lowest BCUT2D eigenvalue weighted by molar-refractivity contribution is -0.151. The summed E-state index contributed by atoms with van der Waals surface area (Å²) in [5.74, 6) is -0.280. The van der Waals surface area contributed by atoms with Gasteiger partial charge >= 0.3 is 5.97 Å². The summed E-state index contributed by atoms with van der Waals surface area (Å²) in [5.41, 5.74) is 1.18. The first kappa shape index (κ1) is 11.9. The number of carboxylic acids is 1. The van der Waals surface area contributed by atoms with Crippen molar-refractivity contribution in [3.63, 3.8) is 0 Å². The molecular weight excluding hydrogens is 218 g/mol. The van der Waals surface area contributed by atoms with Crippen molar-refractivity contribution >= 4 is 5.97 Å². The fourth-order valence-corrected chi connectivity index (χ4v) is 1.98. The average molecular weight is 235 g/mol. The van der Waals surface area contributed by atoms with E-state index >= 15 is 0 Å². The molecule has 1 atom stereocenters. The van der Waals surface area contributed by atoms with Gasteiger partial charge in [0.2, 0.25) is 0 Å². The first-order valence-corrected chi connectivity index (χ1v) is 5.87. The standard InChI is InChI=1S/C13H17NO3/c1-10-4-6-12(7-5-10)17-14-8-2-3-11(9-14)13(15)16/h4-7,11H,2-3,8-9H2,1H3,(H,15,16). The Bertz CT molecular complexity index is 388. The number of aryl methyl sites for hydroxylation is 1. The number of hydroxylamine groups is 2. The third-order valence-corrected chi connectivity index (χ3v) is 2.99. The Morgan fingerprint density at radius 1 is 1.41 bits per heavy atom. The summed E-state index contributed by atoms with van der Waals surface area (Å²) < 4.78 is 0. The Balaban J connectivity index is 1.94. The number of hydrogen-bond acceptors (Lipinski definition) is 3. The highest BCUT2D eigenvalue weighted by atomic mass is 16.7. The van der Waals surface area contributed by atoms with Crippen LogP contribution in [0.1, 0.15) is 18.4 Å². The van der Waals surface area contributed by atoms with E-state index in [0.29, 0.717) is 6.54 Å². The van der Waals surface area contributed by atoms with Gasteiger partial charge in [-0.15, -0.1) is 5.06 Å². The minimum Gasteiger partial charge on any atom is -0.481 e. The van der Waals surface area contributed by atoms with Crippen LogP contribution in [-0.4, -0.2) is 29.2 Å². The molecule has 1 aliphatic rings. The van der Waals surface area contributed by atoms with Crippen LogP contribution in [0.25, 0.3) is 0 Å². The van der Waals surface area contributed by atoms with Crippen molar-refractivity contribution in [1.82, 2.24) is 5.06 Å². The van der Waals surface area contributed by atoms with E-state index in [2.05, 4.69) is 0 Å². The molecule has 0 spiro atoms. The third kappa shape index (κ3) is 3.20. The van der Waals surface area contributed by atoms with Crippen LogP contribution >= 0.6 is 0 Å². The number of nitrogens with zero attached hydrogens (tertiary/aromatic N) is 1. The highest BCUT2D eigenvalue weighted by Gasteiger charge is 2.26. The van der Waals surface area contributed by atoms with Crippen LogP contribution in [0.5, 0.6) is 5.75 Å². The number of benzene rings is 1. The highest BCUT2D eigenvalue weighted by Crippen LogP contribution is 2.19. The second kappa shape index (κ2) is 5.19. The van der Waals surface area contributed by atoms with Crippen LogP contribution in [-0.2, 0) is 4.79 Å². The number of aliphatic carboxylic acids is 1. The molecule has 1 aliphatic heterocycles. The molecule has 1 fully saturated rings. The Labute approximate surface area is 101 Å². The lowest BCUT2D eigenvalue weighted by Gasteiger charge is -2.29. The molecule has 17 heavy (non-hydrogen) atoms. The van der Waals surface area contributed by atoms with Crippen LogP contribution in [0.2, 0.25) is 0 Å². The Morgan fingerprint density at radius 3 is 2.76 bits per heavy atom. The molecule has 4 nitrogen and oxygen atoms in total. The molecule has 92 valence electrons. The number of piperidine rings is 1. The summed E-state index contributed by atoms with van der Waals surface area (Å²) in [6, 6.07) is 7.77. The van der Waals surface area contributed by atoms with Crippen molar-refractivity contribution in [2.45, 2.75) is 19.8 Å². The molecule has 0 aliphatic carbocycles. The quantitative estimate of drug-likeness (QED) is 0.871. The molecular formula is C13H17NO3. The SMILES string of the molecule is Cc1ccc(ON2CCCC(C(=O)O)C2)cc1. The average Bonchev–Trinajstić information content (AvgIpc) is 2.32. The van der Waals surface area contributed by atoms with E-state index in [0.717, 1.165) is 25.1 Å². The zero-order chi connectivity index (χ0) is 12.3. The minimum absolute atomic E-state index is 0.311. The van der Waals surface area contributed by atoms with Crippen molar-refractivity contribution in [3.8, 4) is 5.75 Å². The van der Waals surface area contributed by atoms with E-state index in [1.54, 1.807) is 5.06 Å². The fourth-order valence-electron chi connectivity index (χ4n) is 1.98. The molecule has 2 rings (SSSR count). The van der Waals surface area contributed by atoms with Gasteiger partial charge in [-0.05, 0) is 31.9 Å². The van der Waals surface area contributed by atoms with Crippen LogP contribution in [0.4, 0.5) is 0 Å². The second-order valence-corrected chi connectivity index (χ2v) is 4.47. The summed E-state index contributed by atoms with van der Waals surface area (Å²) in [6.45, 7) is 3.27. The summed E-state index contributed by atoms with van der Waals surface area (Å²) in [4.78, 5) is 16.6. The van der Waals surface area contributed by atoms with Gasteiger partial charge < -0.3 is 9.94 Å². The number of carboxylic acid groups (broad SMARTS) is 1. The van der Waals surface area contributed by atoms with E-state index in [1.165, 1.54) is 5.56 Å². The van der Waals surface area contributed by atoms with Gasteiger partial charge in [0.05, 0.1) is 5.92 Å². The molecule has 1 saturated heterocycles. The summed E-state index contributed by atoms with van der Waals surface area (Å²) in [6.07, 6.45) is 1.60. The minimum atomic E-state index is -0.734. The maximum absolute atomic E-state index is 10.9. The van der Waals surface area contributed by atoms with Crippen molar-refractivity contribution in [3.05, 3.63) is 29.8 Å². The predicted molar refractivity (Wildman–Crippen MR) is 63.7 cm³/mol.